The number of aromatic nitrogens is 2. The van der Waals surface area contributed by atoms with Crippen LogP contribution < -0.4 is 5.32 Å². The van der Waals surface area contributed by atoms with Gasteiger partial charge >= 0.3 is 6.09 Å². The Morgan fingerprint density at radius 2 is 2.10 bits per heavy atom. The molecule has 1 aromatic carbocycles. The maximum absolute atomic E-state index is 12.8. The van der Waals surface area contributed by atoms with E-state index in [9.17, 15) is 9.18 Å². The van der Waals surface area contributed by atoms with E-state index in [1.165, 1.54) is 23.5 Å². The maximum Gasteiger partial charge on any atom is 0.413 e. The molecule has 7 heteroatoms. The largest absolute Gasteiger partial charge is 0.449 e. The van der Waals surface area contributed by atoms with Crippen molar-refractivity contribution in [2.75, 3.05) is 11.9 Å². The summed E-state index contributed by atoms with van der Waals surface area (Å²) >= 11 is 1.27. The Morgan fingerprint density at radius 1 is 1.33 bits per heavy atom. The molecular formula is C14H16FN3O2S. The summed E-state index contributed by atoms with van der Waals surface area (Å²) in [5.41, 5.74) is 0.935. The number of carbonyl (C=O) groups is 1. The summed E-state index contributed by atoms with van der Waals surface area (Å²) in [5.74, 6) is -0.270. The van der Waals surface area contributed by atoms with Crippen LogP contribution in [0.5, 0.6) is 0 Å². The lowest BCUT2D eigenvalue weighted by molar-refractivity contribution is 0.160. The van der Waals surface area contributed by atoms with E-state index in [0.717, 1.165) is 23.4 Å². The van der Waals surface area contributed by atoms with E-state index in [-0.39, 0.29) is 5.82 Å². The normalized spacial score (nSPS) is 10.4. The van der Waals surface area contributed by atoms with Crippen molar-refractivity contribution in [1.29, 1.82) is 0 Å². The van der Waals surface area contributed by atoms with E-state index in [1.807, 2.05) is 6.92 Å². The summed E-state index contributed by atoms with van der Waals surface area (Å²) in [5, 5.41) is 11.5. The first-order valence-corrected chi connectivity index (χ1v) is 7.49. The van der Waals surface area contributed by atoms with Crippen molar-refractivity contribution in [3.05, 3.63) is 40.7 Å². The van der Waals surface area contributed by atoms with Crippen LogP contribution in [-0.2, 0) is 11.2 Å². The van der Waals surface area contributed by atoms with Crippen LogP contribution in [0, 0.1) is 5.82 Å². The van der Waals surface area contributed by atoms with E-state index >= 15 is 0 Å². The highest BCUT2D eigenvalue weighted by molar-refractivity contribution is 7.15. The van der Waals surface area contributed by atoms with Gasteiger partial charge in [0.2, 0.25) is 5.13 Å². The molecule has 2 aromatic rings. The van der Waals surface area contributed by atoms with E-state index in [2.05, 4.69) is 15.5 Å². The molecule has 0 unspecified atom stereocenters. The Hall–Kier alpha value is -2.02. The minimum Gasteiger partial charge on any atom is -0.449 e. The Balaban J connectivity index is 1.86. The minimum atomic E-state index is -0.520. The van der Waals surface area contributed by atoms with Gasteiger partial charge in [0.15, 0.2) is 0 Å². The highest BCUT2D eigenvalue weighted by Gasteiger charge is 2.09. The van der Waals surface area contributed by atoms with Crippen LogP contribution in [-0.4, -0.2) is 22.9 Å². The average molecular weight is 309 g/mol. The van der Waals surface area contributed by atoms with Gasteiger partial charge in [-0.3, -0.25) is 5.32 Å². The van der Waals surface area contributed by atoms with Crippen LogP contribution in [0.25, 0.3) is 0 Å². The van der Waals surface area contributed by atoms with Gasteiger partial charge in [0.1, 0.15) is 10.8 Å². The molecule has 112 valence electrons. The number of ether oxygens (including phenoxy) is 1. The number of nitrogens with one attached hydrogen (secondary N) is 1. The average Bonchev–Trinajstić information content (AvgIpc) is 2.89. The molecule has 0 saturated heterocycles. The zero-order valence-corrected chi connectivity index (χ0v) is 12.5. The summed E-state index contributed by atoms with van der Waals surface area (Å²) in [6, 6.07) is 6.20. The molecule has 0 radical (unpaired) electrons. The Bertz CT molecular complexity index is 586. The topological polar surface area (TPSA) is 64.1 Å². The standard InChI is InChI=1S/C14H16FN3O2S/c1-2-3-8-20-14(19)16-13-18-17-12(21-13)9-10-4-6-11(15)7-5-10/h4-7H,2-3,8-9H2,1H3,(H,16,18,19). The number of nitrogens with zero attached hydrogens (tertiary/aromatic N) is 2. The van der Waals surface area contributed by atoms with Crippen LogP contribution >= 0.6 is 11.3 Å². The second kappa shape index (κ2) is 7.68. The van der Waals surface area contributed by atoms with Gasteiger partial charge < -0.3 is 4.74 Å². The summed E-state index contributed by atoms with van der Waals surface area (Å²) < 4.78 is 17.8. The fourth-order valence-electron chi connectivity index (χ4n) is 1.59. The molecule has 0 fully saturated rings. The molecule has 1 N–H and O–H groups in total. The van der Waals surface area contributed by atoms with Gasteiger partial charge in [-0.15, -0.1) is 10.2 Å². The lowest BCUT2D eigenvalue weighted by Crippen LogP contribution is -2.14. The van der Waals surface area contributed by atoms with Gasteiger partial charge in [-0.05, 0) is 24.1 Å². The highest BCUT2D eigenvalue weighted by atomic mass is 32.1. The number of hydrogen-bond donors (Lipinski definition) is 1. The molecular weight excluding hydrogens is 293 g/mol. The van der Waals surface area contributed by atoms with Crippen LogP contribution in [0.2, 0.25) is 0 Å². The smallest absolute Gasteiger partial charge is 0.413 e. The van der Waals surface area contributed by atoms with Crippen LogP contribution in [0.15, 0.2) is 24.3 Å². The molecule has 0 saturated carbocycles. The minimum absolute atomic E-state index is 0.270. The number of anilines is 1. The molecule has 0 aliphatic carbocycles. The van der Waals surface area contributed by atoms with E-state index in [1.54, 1.807) is 12.1 Å². The van der Waals surface area contributed by atoms with Crippen molar-refractivity contribution >= 4 is 22.6 Å². The predicted octanol–water partition coefficient (Wildman–Crippen LogP) is 3.62. The molecule has 0 spiro atoms. The predicted molar refractivity (Wildman–Crippen MR) is 79.0 cm³/mol. The van der Waals surface area contributed by atoms with Crippen molar-refractivity contribution in [1.82, 2.24) is 10.2 Å². The summed E-state index contributed by atoms with van der Waals surface area (Å²) in [6.45, 7) is 2.41. The number of benzene rings is 1. The first-order valence-electron chi connectivity index (χ1n) is 6.68. The van der Waals surface area contributed by atoms with Gasteiger partial charge in [-0.1, -0.05) is 36.8 Å². The molecule has 1 heterocycles. The Morgan fingerprint density at radius 3 is 2.81 bits per heavy atom. The lowest BCUT2D eigenvalue weighted by Gasteiger charge is -2.02. The van der Waals surface area contributed by atoms with E-state index < -0.39 is 6.09 Å². The fraction of sp³-hybridized carbons (Fsp3) is 0.357. The molecule has 2 rings (SSSR count). The zero-order valence-electron chi connectivity index (χ0n) is 11.6. The van der Waals surface area contributed by atoms with E-state index in [4.69, 9.17) is 4.74 Å². The van der Waals surface area contributed by atoms with Gasteiger partial charge in [0.25, 0.3) is 0 Å². The van der Waals surface area contributed by atoms with Crippen LogP contribution in [0.3, 0.4) is 0 Å². The number of halogens is 1. The third kappa shape index (κ3) is 5.11. The van der Waals surface area contributed by atoms with Gasteiger partial charge in [-0.25, -0.2) is 9.18 Å². The molecule has 5 nitrogen and oxygen atoms in total. The third-order valence-electron chi connectivity index (χ3n) is 2.68. The zero-order chi connectivity index (χ0) is 15.1. The van der Waals surface area contributed by atoms with Crippen molar-refractivity contribution in [3.63, 3.8) is 0 Å². The second-order valence-corrected chi connectivity index (χ2v) is 5.48. The number of rotatable bonds is 6. The number of carbonyl (C=O) groups excluding carboxylic acids is 1. The van der Waals surface area contributed by atoms with Gasteiger partial charge in [0.05, 0.1) is 6.61 Å². The summed E-state index contributed by atoms with van der Waals surface area (Å²) in [6.07, 6.45) is 1.82. The fourth-order valence-corrected chi connectivity index (χ4v) is 2.34. The van der Waals surface area contributed by atoms with Crippen molar-refractivity contribution < 1.29 is 13.9 Å². The SMILES string of the molecule is CCCCOC(=O)Nc1nnc(Cc2ccc(F)cc2)s1. The Kier molecular flexibility index (Phi) is 5.62. The number of hydrogen-bond acceptors (Lipinski definition) is 5. The number of amides is 1. The molecule has 0 bridgehead atoms. The van der Waals surface area contributed by atoms with Crippen LogP contribution in [0.1, 0.15) is 30.3 Å². The quantitative estimate of drug-likeness (QED) is 0.828. The molecule has 0 atom stereocenters. The molecule has 0 aliphatic heterocycles. The molecule has 1 aromatic heterocycles. The Labute approximate surface area is 126 Å². The van der Waals surface area contributed by atoms with Crippen molar-refractivity contribution in [2.24, 2.45) is 0 Å². The first-order chi connectivity index (χ1) is 10.2. The van der Waals surface area contributed by atoms with Crippen molar-refractivity contribution in [2.45, 2.75) is 26.2 Å². The monoisotopic (exact) mass is 309 g/mol. The van der Waals surface area contributed by atoms with E-state index in [0.29, 0.717) is 18.2 Å². The third-order valence-corrected chi connectivity index (χ3v) is 3.51. The second-order valence-electron chi connectivity index (χ2n) is 4.42. The van der Waals surface area contributed by atoms with Crippen molar-refractivity contribution in [3.8, 4) is 0 Å². The lowest BCUT2D eigenvalue weighted by atomic mass is 10.2. The molecule has 21 heavy (non-hydrogen) atoms. The van der Waals surface area contributed by atoms with Gasteiger partial charge in [-0.2, -0.15) is 0 Å². The van der Waals surface area contributed by atoms with Gasteiger partial charge in [0, 0.05) is 6.42 Å². The summed E-state index contributed by atoms with van der Waals surface area (Å²) in [4.78, 5) is 11.5. The molecule has 1 amide bonds. The van der Waals surface area contributed by atoms with Crippen LogP contribution in [0.4, 0.5) is 14.3 Å². The highest BCUT2D eigenvalue weighted by Crippen LogP contribution is 2.18. The first kappa shape index (κ1) is 15.4. The summed E-state index contributed by atoms with van der Waals surface area (Å²) in [7, 11) is 0. The number of unbranched alkanes of at least 4 members (excludes halogenated alkanes) is 1. The maximum atomic E-state index is 12.8. The molecule has 0 aliphatic rings.